The van der Waals surface area contributed by atoms with Gasteiger partial charge in [-0.25, -0.2) is 15.0 Å². The number of nitriles is 2. The molecule has 2 aromatic heterocycles. The van der Waals surface area contributed by atoms with Gasteiger partial charge in [0, 0.05) is 31.4 Å². The lowest BCUT2D eigenvalue weighted by molar-refractivity contribution is -0.137. The standard InChI is InChI=1S/C23H19F3N10/c1-36(2)21-14(7-13(9-31-21)23(24,25)26)11-3-5-12(6-4-11)18-16-17(29)15(8-27)19(30)34-20(16)35-22(33-18)32-10-28/h3-7,9,18H,1-2H3,(H6,29,30,32,33,34,35). The maximum atomic E-state index is 13.3. The molecule has 3 aromatic rings. The third-order valence-electron chi connectivity index (χ3n) is 5.51. The maximum Gasteiger partial charge on any atom is 0.417 e. The Kier molecular flexibility index (Phi) is 6.00. The number of aromatic nitrogens is 2. The Labute approximate surface area is 203 Å². The van der Waals surface area contributed by atoms with Crippen LogP contribution in [0.3, 0.4) is 0 Å². The highest BCUT2D eigenvalue weighted by Crippen LogP contribution is 2.41. The van der Waals surface area contributed by atoms with Crippen molar-refractivity contribution >= 4 is 29.1 Å². The summed E-state index contributed by atoms with van der Waals surface area (Å²) in [5.41, 5.74) is 13.1. The van der Waals surface area contributed by atoms with Crippen LogP contribution >= 0.6 is 0 Å². The van der Waals surface area contributed by atoms with Crippen LogP contribution in [0.5, 0.6) is 0 Å². The minimum absolute atomic E-state index is 0.00488. The number of alkyl halides is 3. The predicted molar refractivity (Wildman–Crippen MR) is 128 cm³/mol. The lowest BCUT2D eigenvalue weighted by atomic mass is 9.93. The van der Waals surface area contributed by atoms with Crippen LogP contribution in [-0.4, -0.2) is 30.0 Å². The molecule has 182 valence electrons. The molecule has 1 aliphatic rings. The van der Waals surface area contributed by atoms with Gasteiger partial charge in [-0.15, -0.1) is 0 Å². The van der Waals surface area contributed by atoms with E-state index >= 15 is 0 Å². The van der Waals surface area contributed by atoms with Crippen molar-refractivity contribution in [3.63, 3.8) is 0 Å². The number of benzene rings is 1. The Hall–Kier alpha value is -5.04. The zero-order valence-corrected chi connectivity index (χ0v) is 19.0. The Balaban J connectivity index is 1.83. The topological polar surface area (TPSA) is 165 Å². The van der Waals surface area contributed by atoms with Crippen LogP contribution in [0.15, 0.2) is 41.5 Å². The van der Waals surface area contributed by atoms with Crippen LogP contribution in [0.2, 0.25) is 0 Å². The third-order valence-corrected chi connectivity index (χ3v) is 5.51. The van der Waals surface area contributed by atoms with E-state index in [1.165, 1.54) is 0 Å². The molecule has 4 rings (SSSR count). The van der Waals surface area contributed by atoms with Crippen LogP contribution < -0.4 is 27.0 Å². The van der Waals surface area contributed by atoms with E-state index in [4.69, 9.17) is 16.7 Å². The molecule has 0 bridgehead atoms. The minimum atomic E-state index is -4.55. The van der Waals surface area contributed by atoms with Crippen LogP contribution in [0.25, 0.3) is 11.1 Å². The number of pyridine rings is 2. The molecule has 6 N–H and O–H groups in total. The van der Waals surface area contributed by atoms with Crippen molar-refractivity contribution < 1.29 is 13.2 Å². The largest absolute Gasteiger partial charge is 0.417 e. The van der Waals surface area contributed by atoms with Gasteiger partial charge in [0.2, 0.25) is 5.96 Å². The molecule has 0 saturated heterocycles. The summed E-state index contributed by atoms with van der Waals surface area (Å²) in [5.74, 6) is 0.598. The average Bonchev–Trinajstić information content (AvgIpc) is 2.83. The van der Waals surface area contributed by atoms with E-state index in [0.717, 1.165) is 12.3 Å². The number of nitrogens with two attached hydrogens (primary N) is 2. The summed E-state index contributed by atoms with van der Waals surface area (Å²) in [6.07, 6.45) is -1.98. The lowest BCUT2D eigenvalue weighted by Crippen LogP contribution is -2.32. The van der Waals surface area contributed by atoms with Crippen molar-refractivity contribution in [1.82, 2.24) is 15.3 Å². The molecule has 3 heterocycles. The van der Waals surface area contributed by atoms with Crippen LogP contribution in [0.1, 0.15) is 28.3 Å². The number of guanidine groups is 1. The molecule has 36 heavy (non-hydrogen) atoms. The van der Waals surface area contributed by atoms with Crippen molar-refractivity contribution in [2.24, 2.45) is 4.99 Å². The van der Waals surface area contributed by atoms with Gasteiger partial charge >= 0.3 is 6.18 Å². The highest BCUT2D eigenvalue weighted by Gasteiger charge is 2.33. The zero-order chi connectivity index (χ0) is 26.2. The van der Waals surface area contributed by atoms with Gasteiger partial charge in [-0.2, -0.15) is 23.7 Å². The first-order valence-electron chi connectivity index (χ1n) is 10.4. The van der Waals surface area contributed by atoms with Gasteiger partial charge in [0.25, 0.3) is 0 Å². The number of aliphatic imine (C=N–C) groups is 1. The van der Waals surface area contributed by atoms with E-state index in [-0.39, 0.29) is 28.8 Å². The van der Waals surface area contributed by atoms with E-state index in [0.29, 0.717) is 28.1 Å². The average molecular weight is 492 g/mol. The van der Waals surface area contributed by atoms with Gasteiger partial charge < -0.3 is 21.7 Å². The Morgan fingerprint density at radius 2 is 1.83 bits per heavy atom. The fraction of sp³-hybridized carbons (Fsp3) is 0.174. The molecule has 1 aliphatic heterocycles. The zero-order valence-electron chi connectivity index (χ0n) is 19.0. The Morgan fingerprint density at radius 3 is 2.42 bits per heavy atom. The summed E-state index contributed by atoms with van der Waals surface area (Å²) < 4.78 is 40.0. The molecular formula is C23H19F3N10. The number of nitrogens with one attached hydrogen (secondary N) is 2. The number of fused-ring (bicyclic) bond motifs is 1. The van der Waals surface area contributed by atoms with Crippen LogP contribution in [0, 0.1) is 22.8 Å². The van der Waals surface area contributed by atoms with Gasteiger partial charge in [0.05, 0.1) is 11.3 Å². The number of rotatable bonds is 3. The fourth-order valence-corrected chi connectivity index (χ4v) is 3.85. The summed E-state index contributed by atoms with van der Waals surface area (Å²) in [6.45, 7) is 0. The van der Waals surface area contributed by atoms with Gasteiger partial charge in [0.1, 0.15) is 35.1 Å². The van der Waals surface area contributed by atoms with Gasteiger partial charge in [-0.1, -0.05) is 24.3 Å². The summed E-state index contributed by atoms with van der Waals surface area (Å²) in [7, 11) is 3.37. The van der Waals surface area contributed by atoms with Crippen molar-refractivity contribution in [1.29, 1.82) is 10.5 Å². The predicted octanol–water partition coefficient (Wildman–Crippen LogP) is 3.21. The van der Waals surface area contributed by atoms with Crippen LogP contribution in [-0.2, 0) is 6.18 Å². The molecule has 0 amide bonds. The van der Waals surface area contributed by atoms with E-state index in [1.54, 1.807) is 49.5 Å². The molecule has 0 radical (unpaired) electrons. The lowest BCUT2D eigenvalue weighted by Gasteiger charge is -2.26. The molecular weight excluding hydrogens is 473 g/mol. The number of hydrogen-bond acceptors (Lipinski definition) is 10. The normalized spacial score (nSPS) is 14.5. The molecule has 1 atom stereocenters. The molecule has 1 aromatic carbocycles. The number of nitrogens with zero attached hydrogens (tertiary/aromatic N) is 6. The molecule has 1 unspecified atom stereocenters. The monoisotopic (exact) mass is 492 g/mol. The summed E-state index contributed by atoms with van der Waals surface area (Å²) in [6, 6.07) is 8.82. The molecule has 0 aliphatic carbocycles. The number of hydrogen-bond donors (Lipinski definition) is 4. The van der Waals surface area contributed by atoms with E-state index in [1.807, 2.05) is 6.07 Å². The molecule has 0 fully saturated rings. The van der Waals surface area contributed by atoms with E-state index in [9.17, 15) is 18.4 Å². The van der Waals surface area contributed by atoms with E-state index in [2.05, 4.69) is 25.6 Å². The van der Waals surface area contributed by atoms with Crippen molar-refractivity contribution in [3.8, 4) is 23.4 Å². The minimum Gasteiger partial charge on any atom is -0.397 e. The fourth-order valence-electron chi connectivity index (χ4n) is 3.85. The van der Waals surface area contributed by atoms with Gasteiger partial charge in [0.15, 0.2) is 6.19 Å². The summed E-state index contributed by atoms with van der Waals surface area (Å²) in [4.78, 5) is 14.3. The first kappa shape index (κ1) is 24.1. The first-order valence-corrected chi connectivity index (χ1v) is 10.4. The van der Waals surface area contributed by atoms with Crippen LogP contribution in [0.4, 0.5) is 36.3 Å². The van der Waals surface area contributed by atoms with Gasteiger partial charge in [-0.3, -0.25) is 5.32 Å². The van der Waals surface area contributed by atoms with E-state index < -0.39 is 17.8 Å². The second-order valence-electron chi connectivity index (χ2n) is 8.01. The quantitative estimate of drug-likeness (QED) is 0.317. The highest BCUT2D eigenvalue weighted by atomic mass is 19.4. The maximum absolute atomic E-state index is 13.3. The molecule has 0 saturated carbocycles. The number of nitrogen functional groups attached to an aromatic ring is 2. The Morgan fingerprint density at radius 1 is 1.14 bits per heavy atom. The number of halogens is 3. The Bertz CT molecular complexity index is 1450. The SMILES string of the molecule is CN(C)c1ncc(C(F)(F)F)cc1-c1ccc(C2N=C(NC#N)Nc3nc(N)c(C#N)c(N)c32)cc1. The summed E-state index contributed by atoms with van der Waals surface area (Å²) >= 11 is 0. The molecule has 0 spiro atoms. The first-order chi connectivity index (χ1) is 17.0. The highest BCUT2D eigenvalue weighted by molar-refractivity contribution is 5.98. The second-order valence-corrected chi connectivity index (χ2v) is 8.01. The van der Waals surface area contributed by atoms with Gasteiger partial charge in [-0.05, 0) is 17.2 Å². The van der Waals surface area contributed by atoms with Crippen molar-refractivity contribution in [2.45, 2.75) is 12.2 Å². The second kappa shape index (κ2) is 8.96. The summed E-state index contributed by atoms with van der Waals surface area (Å²) in [5, 5.41) is 23.7. The third kappa shape index (κ3) is 4.25. The molecule has 13 heteroatoms. The van der Waals surface area contributed by atoms with Crippen molar-refractivity contribution in [3.05, 3.63) is 58.8 Å². The molecule has 10 nitrogen and oxygen atoms in total. The van der Waals surface area contributed by atoms with Crippen molar-refractivity contribution in [2.75, 3.05) is 35.8 Å². The smallest absolute Gasteiger partial charge is 0.397 e. The number of anilines is 4.